The molecule has 3 heterocycles. The topological polar surface area (TPSA) is 54.5 Å². The van der Waals surface area contributed by atoms with E-state index in [0.717, 1.165) is 39.5 Å². The van der Waals surface area contributed by atoms with Gasteiger partial charge in [-0.05, 0) is 56.0 Å². The van der Waals surface area contributed by atoms with Crippen LogP contribution in [0.4, 0.5) is 0 Å². The van der Waals surface area contributed by atoms with Crippen molar-refractivity contribution in [1.82, 2.24) is 19.9 Å². The molecule has 0 saturated carbocycles. The first-order valence-corrected chi connectivity index (χ1v) is 12.5. The van der Waals surface area contributed by atoms with E-state index < -0.39 is 0 Å². The van der Waals surface area contributed by atoms with E-state index in [2.05, 4.69) is 57.2 Å². The van der Waals surface area contributed by atoms with Crippen LogP contribution >= 0.6 is 11.3 Å². The van der Waals surface area contributed by atoms with Crippen LogP contribution in [0.25, 0.3) is 32.0 Å². The Labute approximate surface area is 205 Å². The average molecular weight is 469 g/mol. The number of H-pyrrole nitrogens is 1. The van der Waals surface area contributed by atoms with Crippen molar-refractivity contribution in [1.29, 1.82) is 0 Å². The SMILES string of the molecule is CC.CCc1cc2ccccc2cn1.Cc1nc2ccccc2[nH]1.Cc1nc2ccccc2s1. The Bertz CT molecular complexity index is 1310. The summed E-state index contributed by atoms with van der Waals surface area (Å²) in [6.45, 7) is 10.1. The van der Waals surface area contributed by atoms with Crippen molar-refractivity contribution in [2.24, 2.45) is 0 Å². The Kier molecular flexibility index (Phi) is 9.30. The first kappa shape index (κ1) is 25.1. The van der Waals surface area contributed by atoms with Gasteiger partial charge in [0.25, 0.3) is 0 Å². The molecule has 0 bridgehead atoms. The summed E-state index contributed by atoms with van der Waals surface area (Å²) in [4.78, 5) is 16.1. The molecule has 6 aromatic rings. The molecule has 0 fully saturated rings. The Hall–Kier alpha value is -3.57. The van der Waals surface area contributed by atoms with Gasteiger partial charge in [0.05, 0.1) is 26.3 Å². The standard InChI is InChI=1S/C11H11N.C8H8N2.C8H7NS.C2H6/c1-2-11-7-9-5-3-4-6-10(9)8-12-11;2*1-6-9-7-4-2-3-5-8(7)10-6;1-2/h3-8H,2H2,1H3;2-5H,1H3,(H,9,10);2-5H,1H3;1-2H3. The smallest absolute Gasteiger partial charge is 0.104 e. The van der Waals surface area contributed by atoms with Crippen molar-refractivity contribution in [2.45, 2.75) is 41.0 Å². The van der Waals surface area contributed by atoms with Crippen LogP contribution in [0.15, 0.2) is 85.1 Å². The normalized spacial score (nSPS) is 10.0. The van der Waals surface area contributed by atoms with Gasteiger partial charge in [-0.2, -0.15) is 0 Å². The van der Waals surface area contributed by atoms with Gasteiger partial charge in [0.15, 0.2) is 0 Å². The largest absolute Gasteiger partial charge is 0.342 e. The molecular weight excluding hydrogens is 436 g/mol. The van der Waals surface area contributed by atoms with E-state index in [1.807, 2.05) is 82.4 Å². The van der Waals surface area contributed by atoms with E-state index in [4.69, 9.17) is 0 Å². The first-order valence-electron chi connectivity index (χ1n) is 11.7. The zero-order valence-corrected chi connectivity index (χ0v) is 21.4. The Balaban J connectivity index is 0.000000138. The fourth-order valence-electron chi connectivity index (χ4n) is 3.39. The molecule has 0 spiro atoms. The quantitative estimate of drug-likeness (QED) is 0.264. The van der Waals surface area contributed by atoms with Crippen LogP contribution in [0.2, 0.25) is 0 Å². The molecule has 3 aromatic carbocycles. The number of rotatable bonds is 1. The maximum Gasteiger partial charge on any atom is 0.104 e. The van der Waals surface area contributed by atoms with E-state index in [-0.39, 0.29) is 0 Å². The highest BCUT2D eigenvalue weighted by Crippen LogP contribution is 2.20. The lowest BCUT2D eigenvalue weighted by molar-refractivity contribution is 1.05. The maximum absolute atomic E-state index is 4.33. The highest BCUT2D eigenvalue weighted by Gasteiger charge is 1.96. The Morgan fingerprint density at radius 1 is 0.765 bits per heavy atom. The molecule has 0 radical (unpaired) electrons. The summed E-state index contributed by atoms with van der Waals surface area (Å²) in [5.41, 5.74) is 4.43. The van der Waals surface area contributed by atoms with Crippen molar-refractivity contribution in [2.75, 3.05) is 0 Å². The predicted molar refractivity (Wildman–Crippen MR) is 148 cm³/mol. The fourth-order valence-corrected chi connectivity index (χ4v) is 4.22. The average Bonchev–Trinajstić information content (AvgIpc) is 3.46. The molecule has 0 amide bonds. The van der Waals surface area contributed by atoms with E-state index in [0.29, 0.717) is 0 Å². The number of aryl methyl sites for hydroxylation is 3. The van der Waals surface area contributed by atoms with Crippen molar-refractivity contribution >= 4 is 43.4 Å². The number of benzene rings is 3. The van der Waals surface area contributed by atoms with E-state index in [1.54, 1.807) is 11.3 Å². The number of hydrogen-bond acceptors (Lipinski definition) is 4. The van der Waals surface area contributed by atoms with Crippen LogP contribution < -0.4 is 0 Å². The predicted octanol–water partition coefficient (Wildman–Crippen LogP) is 8.30. The number of hydrogen-bond donors (Lipinski definition) is 1. The minimum Gasteiger partial charge on any atom is -0.342 e. The van der Waals surface area contributed by atoms with E-state index in [9.17, 15) is 0 Å². The minimum atomic E-state index is 0.973. The molecular formula is C29H32N4S. The molecule has 34 heavy (non-hydrogen) atoms. The lowest BCUT2D eigenvalue weighted by Crippen LogP contribution is -1.85. The third kappa shape index (κ3) is 6.72. The van der Waals surface area contributed by atoms with Gasteiger partial charge in [-0.3, -0.25) is 4.98 Å². The Morgan fingerprint density at radius 2 is 1.41 bits per heavy atom. The number of thiazole rings is 1. The Morgan fingerprint density at radius 3 is 2.12 bits per heavy atom. The molecule has 0 saturated heterocycles. The van der Waals surface area contributed by atoms with Gasteiger partial charge in [0, 0.05) is 17.3 Å². The zero-order valence-electron chi connectivity index (χ0n) is 20.5. The molecule has 174 valence electrons. The summed E-state index contributed by atoms with van der Waals surface area (Å²) in [6, 6.07) is 26.7. The molecule has 0 aliphatic carbocycles. The lowest BCUT2D eigenvalue weighted by atomic mass is 10.1. The summed E-state index contributed by atoms with van der Waals surface area (Å²) in [6.07, 6.45) is 2.94. The van der Waals surface area contributed by atoms with Gasteiger partial charge in [-0.1, -0.05) is 69.3 Å². The molecule has 1 N–H and O–H groups in total. The van der Waals surface area contributed by atoms with Crippen LogP contribution in [-0.4, -0.2) is 19.9 Å². The fraction of sp³-hybridized carbons (Fsp3) is 0.207. The molecule has 5 heteroatoms. The van der Waals surface area contributed by atoms with Gasteiger partial charge in [-0.15, -0.1) is 11.3 Å². The van der Waals surface area contributed by atoms with Gasteiger partial charge in [-0.25, -0.2) is 9.97 Å². The van der Waals surface area contributed by atoms with Gasteiger partial charge in [0.1, 0.15) is 5.82 Å². The molecule has 0 atom stereocenters. The third-order valence-corrected chi connectivity index (χ3v) is 5.91. The van der Waals surface area contributed by atoms with Crippen molar-refractivity contribution < 1.29 is 0 Å². The van der Waals surface area contributed by atoms with E-state index >= 15 is 0 Å². The number of aromatic amines is 1. The van der Waals surface area contributed by atoms with Crippen molar-refractivity contribution in [3.05, 3.63) is 102 Å². The van der Waals surface area contributed by atoms with Crippen LogP contribution in [0.1, 0.15) is 37.3 Å². The van der Waals surface area contributed by atoms with Crippen LogP contribution in [-0.2, 0) is 6.42 Å². The highest BCUT2D eigenvalue weighted by molar-refractivity contribution is 7.18. The van der Waals surface area contributed by atoms with Crippen LogP contribution in [0.5, 0.6) is 0 Å². The second-order valence-electron chi connectivity index (χ2n) is 7.42. The van der Waals surface area contributed by atoms with Gasteiger partial charge >= 0.3 is 0 Å². The van der Waals surface area contributed by atoms with Crippen molar-refractivity contribution in [3.8, 4) is 0 Å². The second kappa shape index (κ2) is 12.6. The molecule has 0 unspecified atom stereocenters. The number of pyridine rings is 1. The summed E-state index contributed by atoms with van der Waals surface area (Å²) in [7, 11) is 0. The van der Waals surface area contributed by atoms with Gasteiger partial charge < -0.3 is 4.98 Å². The number of nitrogens with one attached hydrogen (secondary N) is 1. The van der Waals surface area contributed by atoms with Crippen LogP contribution in [0, 0.1) is 13.8 Å². The number of aromatic nitrogens is 4. The van der Waals surface area contributed by atoms with Crippen LogP contribution in [0.3, 0.4) is 0 Å². The molecule has 0 aliphatic heterocycles. The second-order valence-corrected chi connectivity index (χ2v) is 8.65. The molecule has 6 rings (SSSR count). The summed E-state index contributed by atoms with van der Waals surface area (Å²) < 4.78 is 1.28. The molecule has 4 nitrogen and oxygen atoms in total. The summed E-state index contributed by atoms with van der Waals surface area (Å²) in [5, 5.41) is 3.64. The first-order chi connectivity index (χ1) is 16.6. The summed E-state index contributed by atoms with van der Waals surface area (Å²) in [5.74, 6) is 0.973. The minimum absolute atomic E-state index is 0.973. The number of nitrogens with zero attached hydrogens (tertiary/aromatic N) is 3. The lowest BCUT2D eigenvalue weighted by Gasteiger charge is -1.98. The summed E-state index contributed by atoms with van der Waals surface area (Å²) >= 11 is 1.74. The molecule has 0 aliphatic rings. The van der Waals surface area contributed by atoms with Crippen molar-refractivity contribution in [3.63, 3.8) is 0 Å². The number of para-hydroxylation sites is 3. The highest BCUT2D eigenvalue weighted by atomic mass is 32.1. The number of imidazole rings is 1. The van der Waals surface area contributed by atoms with E-state index in [1.165, 1.54) is 15.5 Å². The maximum atomic E-state index is 4.33. The monoisotopic (exact) mass is 468 g/mol. The number of fused-ring (bicyclic) bond motifs is 3. The third-order valence-electron chi connectivity index (χ3n) is 4.96. The van der Waals surface area contributed by atoms with Gasteiger partial charge in [0.2, 0.25) is 0 Å². The molecule has 3 aromatic heterocycles. The zero-order chi connectivity index (χ0) is 24.3.